The lowest BCUT2D eigenvalue weighted by Crippen LogP contribution is -2.39. The molecule has 1 aromatic carbocycles. The summed E-state index contributed by atoms with van der Waals surface area (Å²) >= 11 is 0. The van der Waals surface area contributed by atoms with Crippen molar-refractivity contribution in [2.75, 3.05) is 39.5 Å². The summed E-state index contributed by atoms with van der Waals surface area (Å²) in [4.78, 5) is 37.7. The highest BCUT2D eigenvalue weighted by atomic mass is 16.5. The van der Waals surface area contributed by atoms with Crippen LogP contribution in [0.5, 0.6) is 0 Å². The van der Waals surface area contributed by atoms with E-state index in [9.17, 15) is 14.4 Å². The molecule has 1 heterocycles. The van der Waals surface area contributed by atoms with Crippen LogP contribution in [-0.4, -0.2) is 52.5 Å². The smallest absolute Gasteiger partial charge is 0.355 e. The first-order valence-electron chi connectivity index (χ1n) is 7.52. The van der Waals surface area contributed by atoms with Crippen molar-refractivity contribution >= 4 is 23.5 Å². The molecule has 134 valence electrons. The summed E-state index contributed by atoms with van der Waals surface area (Å²) in [5, 5.41) is 2.55. The Kier molecular flexibility index (Phi) is 5.76. The van der Waals surface area contributed by atoms with Crippen molar-refractivity contribution in [3.8, 4) is 0 Å². The third kappa shape index (κ3) is 3.63. The number of anilines is 1. The van der Waals surface area contributed by atoms with Crippen LogP contribution in [0, 0.1) is 6.92 Å². The van der Waals surface area contributed by atoms with Gasteiger partial charge in [-0.2, -0.15) is 0 Å². The Hall–Kier alpha value is -2.87. The van der Waals surface area contributed by atoms with Gasteiger partial charge in [0.05, 0.1) is 26.4 Å². The predicted octanol–water partition coefficient (Wildman–Crippen LogP) is 0.749. The fraction of sp³-hybridized carbons (Fsp3) is 0.353. The molecule has 1 aromatic rings. The molecular formula is C17H20N2O6. The molecule has 0 fully saturated rings. The number of nitrogens with zero attached hydrogens (tertiary/aromatic N) is 1. The van der Waals surface area contributed by atoms with E-state index in [1.165, 1.54) is 26.2 Å². The molecule has 25 heavy (non-hydrogen) atoms. The molecule has 0 bridgehead atoms. The van der Waals surface area contributed by atoms with Crippen molar-refractivity contribution in [3.05, 3.63) is 40.6 Å². The standard InChI is InChI=1S/C17H20N2O6/c1-10-5-6-11(15(20)18-2)7-13(10)19-9-25-8-12(16(21)23-3)14(19)17(22)24-4/h5-7H,8-9H2,1-4H3,(H,18,20). The van der Waals surface area contributed by atoms with Gasteiger partial charge in [0.15, 0.2) is 0 Å². The van der Waals surface area contributed by atoms with Crippen molar-refractivity contribution in [2.24, 2.45) is 0 Å². The van der Waals surface area contributed by atoms with Crippen LogP contribution in [0.1, 0.15) is 15.9 Å². The van der Waals surface area contributed by atoms with Gasteiger partial charge in [-0.15, -0.1) is 0 Å². The Morgan fingerprint density at radius 3 is 2.44 bits per heavy atom. The van der Waals surface area contributed by atoms with E-state index in [2.05, 4.69) is 5.32 Å². The van der Waals surface area contributed by atoms with Gasteiger partial charge in [-0.25, -0.2) is 9.59 Å². The molecule has 0 saturated carbocycles. The van der Waals surface area contributed by atoms with Crippen LogP contribution in [0.3, 0.4) is 0 Å². The van der Waals surface area contributed by atoms with Crippen LogP contribution >= 0.6 is 0 Å². The van der Waals surface area contributed by atoms with E-state index in [1.807, 2.05) is 6.92 Å². The van der Waals surface area contributed by atoms with Gasteiger partial charge in [-0.1, -0.05) is 6.07 Å². The fourth-order valence-electron chi connectivity index (χ4n) is 2.52. The molecular weight excluding hydrogens is 328 g/mol. The Bertz CT molecular complexity index is 741. The molecule has 0 atom stereocenters. The van der Waals surface area contributed by atoms with E-state index in [0.29, 0.717) is 11.3 Å². The van der Waals surface area contributed by atoms with Gasteiger partial charge in [0.25, 0.3) is 5.91 Å². The summed E-state index contributed by atoms with van der Waals surface area (Å²) in [5.41, 5.74) is 1.87. The highest BCUT2D eigenvalue weighted by Crippen LogP contribution is 2.30. The first-order valence-corrected chi connectivity index (χ1v) is 7.52. The number of methoxy groups -OCH3 is 2. The fourth-order valence-corrected chi connectivity index (χ4v) is 2.52. The Morgan fingerprint density at radius 2 is 1.84 bits per heavy atom. The number of nitrogens with one attached hydrogen (secondary N) is 1. The van der Waals surface area contributed by atoms with Crippen molar-refractivity contribution in [1.82, 2.24) is 5.32 Å². The Labute approximate surface area is 145 Å². The van der Waals surface area contributed by atoms with Crippen molar-refractivity contribution in [3.63, 3.8) is 0 Å². The van der Waals surface area contributed by atoms with Crippen LogP contribution in [0.25, 0.3) is 0 Å². The predicted molar refractivity (Wildman–Crippen MR) is 88.9 cm³/mol. The number of carbonyl (C=O) groups is 3. The zero-order chi connectivity index (χ0) is 18.6. The molecule has 1 aliphatic heterocycles. The first-order chi connectivity index (χ1) is 11.9. The van der Waals surface area contributed by atoms with Crippen molar-refractivity contribution in [2.45, 2.75) is 6.92 Å². The lowest BCUT2D eigenvalue weighted by Gasteiger charge is -2.32. The van der Waals surface area contributed by atoms with Crippen molar-refractivity contribution < 1.29 is 28.6 Å². The number of aryl methyl sites for hydroxylation is 1. The molecule has 1 aliphatic rings. The van der Waals surface area contributed by atoms with Crippen LogP contribution in [0.15, 0.2) is 29.5 Å². The van der Waals surface area contributed by atoms with E-state index in [0.717, 1.165) is 5.56 Å². The number of amides is 1. The van der Waals surface area contributed by atoms with E-state index in [4.69, 9.17) is 14.2 Å². The van der Waals surface area contributed by atoms with Crippen LogP contribution in [-0.2, 0) is 23.8 Å². The van der Waals surface area contributed by atoms with Gasteiger partial charge < -0.3 is 24.4 Å². The number of carbonyl (C=O) groups excluding carboxylic acids is 3. The van der Waals surface area contributed by atoms with Gasteiger partial charge in [0.2, 0.25) is 0 Å². The number of benzene rings is 1. The SMILES string of the molecule is CNC(=O)c1ccc(C)c(N2COCC(C(=O)OC)=C2C(=O)OC)c1. The molecule has 8 nitrogen and oxygen atoms in total. The second-order valence-corrected chi connectivity index (χ2v) is 5.30. The summed E-state index contributed by atoms with van der Waals surface area (Å²) in [6.45, 7) is 1.79. The average molecular weight is 348 g/mol. The highest BCUT2D eigenvalue weighted by molar-refractivity contribution is 6.04. The monoisotopic (exact) mass is 348 g/mol. The molecule has 0 aromatic heterocycles. The zero-order valence-corrected chi connectivity index (χ0v) is 14.5. The maximum Gasteiger partial charge on any atom is 0.355 e. The summed E-state index contributed by atoms with van der Waals surface area (Å²) in [7, 11) is 3.98. The minimum Gasteiger partial charge on any atom is -0.466 e. The van der Waals surface area contributed by atoms with E-state index in [1.54, 1.807) is 18.2 Å². The van der Waals surface area contributed by atoms with Gasteiger partial charge in [0, 0.05) is 18.3 Å². The molecule has 8 heteroatoms. The normalized spacial score (nSPS) is 14.2. The third-order valence-corrected chi connectivity index (χ3v) is 3.82. The summed E-state index contributed by atoms with van der Waals surface area (Å²) in [5.74, 6) is -1.63. The average Bonchev–Trinajstić information content (AvgIpc) is 2.65. The molecule has 0 radical (unpaired) electrons. The molecule has 0 aliphatic carbocycles. The minimum absolute atomic E-state index is 0.0307. The molecule has 0 spiro atoms. The first kappa shape index (κ1) is 18.5. The number of esters is 2. The molecule has 0 unspecified atom stereocenters. The second kappa shape index (κ2) is 7.80. The maximum absolute atomic E-state index is 12.3. The maximum atomic E-state index is 12.3. The zero-order valence-electron chi connectivity index (χ0n) is 14.5. The van der Waals surface area contributed by atoms with E-state index in [-0.39, 0.29) is 30.5 Å². The molecule has 0 saturated heterocycles. The van der Waals surface area contributed by atoms with Crippen LogP contribution < -0.4 is 10.2 Å². The van der Waals surface area contributed by atoms with Gasteiger partial charge >= 0.3 is 11.9 Å². The number of hydrogen-bond donors (Lipinski definition) is 1. The van der Waals surface area contributed by atoms with Gasteiger partial charge in [-0.05, 0) is 24.6 Å². The van der Waals surface area contributed by atoms with Gasteiger partial charge in [0.1, 0.15) is 12.4 Å². The topological polar surface area (TPSA) is 94.2 Å². The van der Waals surface area contributed by atoms with Crippen LogP contribution in [0.2, 0.25) is 0 Å². The Balaban J connectivity index is 2.61. The lowest BCUT2D eigenvalue weighted by atomic mass is 10.1. The second-order valence-electron chi connectivity index (χ2n) is 5.30. The summed E-state index contributed by atoms with van der Waals surface area (Å²) in [6.07, 6.45) is 0. The third-order valence-electron chi connectivity index (χ3n) is 3.82. The number of ether oxygens (including phenoxy) is 3. The van der Waals surface area contributed by atoms with Crippen molar-refractivity contribution in [1.29, 1.82) is 0 Å². The number of rotatable bonds is 4. The lowest BCUT2D eigenvalue weighted by molar-refractivity contribution is -0.140. The quantitative estimate of drug-likeness (QED) is 0.802. The Morgan fingerprint density at radius 1 is 1.16 bits per heavy atom. The van der Waals surface area contributed by atoms with Crippen LogP contribution in [0.4, 0.5) is 5.69 Å². The number of hydrogen-bond acceptors (Lipinski definition) is 7. The highest BCUT2D eigenvalue weighted by Gasteiger charge is 2.33. The molecule has 1 amide bonds. The largest absolute Gasteiger partial charge is 0.466 e. The van der Waals surface area contributed by atoms with Gasteiger partial charge in [-0.3, -0.25) is 4.79 Å². The minimum atomic E-state index is -0.687. The summed E-state index contributed by atoms with van der Waals surface area (Å²) < 4.78 is 15.0. The molecule has 2 rings (SSSR count). The molecule has 1 N–H and O–H groups in total. The van der Waals surface area contributed by atoms with E-state index < -0.39 is 11.9 Å². The van der Waals surface area contributed by atoms with E-state index >= 15 is 0 Å². The summed E-state index contributed by atoms with van der Waals surface area (Å²) in [6, 6.07) is 5.05.